The van der Waals surface area contributed by atoms with E-state index >= 15 is 0 Å². The van der Waals surface area contributed by atoms with Crippen molar-refractivity contribution in [3.63, 3.8) is 0 Å². The number of hydrogen-bond acceptors (Lipinski definition) is 0. The van der Waals surface area contributed by atoms with E-state index in [9.17, 15) is 57.1 Å². The minimum atomic E-state index is -2.86. The number of rotatable bonds is 3. The van der Waals surface area contributed by atoms with Crippen LogP contribution in [0.4, 0.5) is 57.1 Å². The molecule has 0 fully saturated rings. The Morgan fingerprint density at radius 1 is 0.353 bits per heavy atom. The van der Waals surface area contributed by atoms with Crippen LogP contribution in [0.5, 0.6) is 0 Å². The van der Waals surface area contributed by atoms with Crippen LogP contribution in [0.25, 0.3) is 22.3 Å². The van der Waals surface area contributed by atoms with Gasteiger partial charge in [0.05, 0.1) is 22.3 Å². The second-order valence-corrected chi connectivity index (χ2v) is 8.88. The van der Waals surface area contributed by atoms with E-state index in [2.05, 4.69) is 0 Å². The lowest BCUT2D eigenvalue weighted by atomic mass is 9.94. The molecule has 0 radical (unpaired) electrons. The Labute approximate surface area is 184 Å². The molecule has 0 aromatic heterocycles. The third-order valence-corrected chi connectivity index (χ3v) is 5.43. The van der Waals surface area contributed by atoms with E-state index in [4.69, 9.17) is 0 Å². The van der Waals surface area contributed by atoms with Crippen LogP contribution < -0.4 is 0 Å². The summed E-state index contributed by atoms with van der Waals surface area (Å²) in [4.78, 5) is 0. The highest BCUT2D eigenvalue weighted by atomic mass is 28.1. The molecular formula is C20H7F13Si. The molecule has 0 heterocycles. The molecule has 34 heavy (non-hydrogen) atoms. The zero-order valence-corrected chi connectivity index (χ0v) is 18.5. The molecule has 0 bridgehead atoms. The predicted molar refractivity (Wildman–Crippen MR) is 95.1 cm³/mol. The molecule has 182 valence electrons. The fraction of sp³-hybridized carbons (Fsp3) is 0.100. The Bertz CT molecular complexity index is 1280. The van der Waals surface area contributed by atoms with Crippen LogP contribution in [0, 0.1) is 75.6 Å². The maximum atomic E-state index is 14.6. The molecule has 1 atom stereocenters. The Hall–Kier alpha value is -3.03. The van der Waals surface area contributed by atoms with Crippen molar-refractivity contribution >= 4 is 10.2 Å². The fourth-order valence-corrected chi connectivity index (χ4v) is 3.78. The first kappa shape index (κ1) is 25.6. The van der Waals surface area contributed by atoms with E-state index in [1.807, 2.05) is 0 Å². The minimum absolute atomic E-state index is 0.0490. The van der Waals surface area contributed by atoms with Gasteiger partial charge >= 0.3 is 0 Å². The van der Waals surface area contributed by atoms with Crippen LogP contribution in [-0.2, 0) is 0 Å². The van der Waals surface area contributed by atoms with E-state index in [0.717, 1.165) is 6.92 Å². The van der Waals surface area contributed by atoms with E-state index in [0.29, 0.717) is 0 Å². The standard InChI is InChI=1S/C20H7F13Si/c1-2(34)3-8(21)10(23)4(11(24)9(3)22)5-12(25)14(27)6(15(28)13(5)26)7-16(29)18(31)20(33)19(32)17(7)30/h2H,1,34H3. The highest BCUT2D eigenvalue weighted by Crippen LogP contribution is 2.43. The van der Waals surface area contributed by atoms with E-state index in [1.54, 1.807) is 0 Å². The monoisotopic (exact) mass is 522 g/mol. The van der Waals surface area contributed by atoms with Gasteiger partial charge in [0.15, 0.2) is 69.8 Å². The van der Waals surface area contributed by atoms with Gasteiger partial charge in [-0.2, -0.15) is 0 Å². The van der Waals surface area contributed by atoms with Crippen molar-refractivity contribution in [2.75, 3.05) is 0 Å². The topological polar surface area (TPSA) is 0 Å². The summed E-state index contributed by atoms with van der Waals surface area (Å²) < 4.78 is 184. The smallest absolute Gasteiger partial charge is 0.200 e. The van der Waals surface area contributed by atoms with Gasteiger partial charge < -0.3 is 0 Å². The van der Waals surface area contributed by atoms with Crippen molar-refractivity contribution in [2.24, 2.45) is 0 Å². The second-order valence-electron chi connectivity index (χ2n) is 7.15. The maximum Gasteiger partial charge on any atom is 0.200 e. The van der Waals surface area contributed by atoms with Gasteiger partial charge in [-0.15, -0.1) is 0 Å². The predicted octanol–water partition coefficient (Wildman–Crippen LogP) is 6.26. The Morgan fingerprint density at radius 3 is 0.765 bits per heavy atom. The van der Waals surface area contributed by atoms with Crippen LogP contribution in [0.3, 0.4) is 0 Å². The summed E-state index contributed by atoms with van der Waals surface area (Å²) in [6.45, 7) is 1.14. The molecule has 0 nitrogen and oxygen atoms in total. The summed E-state index contributed by atoms with van der Waals surface area (Å²) in [5.41, 5.74) is -11.7. The largest absolute Gasteiger partial charge is 0.203 e. The lowest BCUT2D eigenvalue weighted by molar-refractivity contribution is 0.379. The summed E-state index contributed by atoms with van der Waals surface area (Å²) in [6.07, 6.45) is 0. The summed E-state index contributed by atoms with van der Waals surface area (Å²) in [6, 6.07) is 0. The SMILES string of the molecule is CC([SiH3])c1c(F)c(F)c(-c2c(F)c(F)c(-c3c(F)c(F)c(F)c(F)c3F)c(F)c2F)c(F)c1F. The molecule has 0 N–H and O–H groups in total. The molecule has 0 aliphatic carbocycles. The summed E-state index contributed by atoms with van der Waals surface area (Å²) >= 11 is 0. The normalized spacial score (nSPS) is 12.5. The average molecular weight is 522 g/mol. The first-order valence-electron chi connectivity index (χ1n) is 8.90. The first-order chi connectivity index (χ1) is 15.7. The van der Waals surface area contributed by atoms with Crippen molar-refractivity contribution in [1.29, 1.82) is 0 Å². The molecule has 14 heteroatoms. The molecule has 0 aliphatic rings. The number of benzene rings is 3. The molecule has 3 rings (SSSR count). The Kier molecular flexibility index (Phi) is 6.50. The molecule has 0 spiro atoms. The van der Waals surface area contributed by atoms with Gasteiger partial charge in [-0.25, -0.2) is 57.1 Å². The van der Waals surface area contributed by atoms with Crippen molar-refractivity contribution in [2.45, 2.75) is 12.5 Å². The third-order valence-electron chi connectivity index (χ3n) is 4.85. The molecule has 1 unspecified atom stereocenters. The van der Waals surface area contributed by atoms with Crippen molar-refractivity contribution < 1.29 is 57.1 Å². The third kappa shape index (κ3) is 3.46. The summed E-state index contributed by atoms with van der Waals surface area (Å²) in [5, 5.41) is 0. The highest BCUT2D eigenvalue weighted by Gasteiger charge is 2.37. The van der Waals surface area contributed by atoms with Crippen LogP contribution in [0.2, 0.25) is 0 Å². The van der Waals surface area contributed by atoms with E-state index in [-0.39, 0.29) is 10.2 Å². The van der Waals surface area contributed by atoms with Gasteiger partial charge in [-0.3, -0.25) is 0 Å². The molecule has 3 aromatic carbocycles. The lowest BCUT2D eigenvalue weighted by Crippen LogP contribution is -2.13. The van der Waals surface area contributed by atoms with Gasteiger partial charge in [0, 0.05) is 15.8 Å². The quantitative estimate of drug-likeness (QED) is 0.165. The van der Waals surface area contributed by atoms with Crippen LogP contribution in [-0.4, -0.2) is 10.2 Å². The summed E-state index contributed by atoms with van der Waals surface area (Å²) in [5.74, 6) is -34.5. The fourth-order valence-electron chi connectivity index (χ4n) is 3.27. The van der Waals surface area contributed by atoms with Crippen LogP contribution >= 0.6 is 0 Å². The van der Waals surface area contributed by atoms with Crippen LogP contribution in [0.1, 0.15) is 18.0 Å². The van der Waals surface area contributed by atoms with Crippen molar-refractivity contribution in [3.8, 4) is 22.3 Å². The molecule has 0 aliphatic heterocycles. The van der Waals surface area contributed by atoms with Gasteiger partial charge in [-0.1, -0.05) is 6.92 Å². The van der Waals surface area contributed by atoms with Crippen molar-refractivity contribution in [1.82, 2.24) is 0 Å². The van der Waals surface area contributed by atoms with Gasteiger partial charge in [-0.05, 0) is 5.54 Å². The lowest BCUT2D eigenvalue weighted by Gasteiger charge is -2.17. The zero-order valence-electron chi connectivity index (χ0n) is 16.5. The van der Waals surface area contributed by atoms with E-state index in [1.165, 1.54) is 0 Å². The van der Waals surface area contributed by atoms with Gasteiger partial charge in [0.1, 0.15) is 0 Å². The maximum absolute atomic E-state index is 14.6. The molecule has 0 saturated carbocycles. The average Bonchev–Trinajstić information content (AvgIpc) is 2.78. The molecule has 0 saturated heterocycles. The Balaban J connectivity index is 2.49. The number of halogens is 13. The summed E-state index contributed by atoms with van der Waals surface area (Å²) in [7, 11) is -0.0490. The van der Waals surface area contributed by atoms with Crippen molar-refractivity contribution in [3.05, 3.63) is 81.2 Å². The van der Waals surface area contributed by atoms with Crippen LogP contribution in [0.15, 0.2) is 0 Å². The molecule has 3 aromatic rings. The first-order valence-corrected chi connectivity index (χ1v) is 10.1. The number of hydrogen-bond donors (Lipinski definition) is 0. The minimum Gasteiger partial charge on any atom is -0.203 e. The highest BCUT2D eigenvalue weighted by molar-refractivity contribution is 6.12. The zero-order chi connectivity index (χ0) is 26.0. The molecular weight excluding hydrogens is 515 g/mol. The van der Waals surface area contributed by atoms with E-state index < -0.39 is 109 Å². The molecule has 0 amide bonds. The van der Waals surface area contributed by atoms with Gasteiger partial charge in [0.2, 0.25) is 5.82 Å². The van der Waals surface area contributed by atoms with Gasteiger partial charge in [0.25, 0.3) is 0 Å². The second kappa shape index (κ2) is 8.63. The Morgan fingerprint density at radius 2 is 0.529 bits per heavy atom.